The molecule has 7 heteroatoms. The second-order valence-electron chi connectivity index (χ2n) is 4.73. The number of para-hydroxylation sites is 1. The zero-order chi connectivity index (χ0) is 15.2. The minimum absolute atomic E-state index is 0.0258. The molecule has 0 saturated carbocycles. The van der Waals surface area contributed by atoms with Crippen molar-refractivity contribution in [3.63, 3.8) is 0 Å². The lowest BCUT2D eigenvalue weighted by Crippen LogP contribution is -2.48. The van der Waals surface area contributed by atoms with Crippen LogP contribution in [-0.2, 0) is 11.3 Å². The minimum atomic E-state index is -1.16. The number of benzene rings is 1. The number of aliphatic hydroxyl groups excluding tert-OH is 1. The van der Waals surface area contributed by atoms with E-state index in [2.05, 4.69) is 5.32 Å². The van der Waals surface area contributed by atoms with Crippen molar-refractivity contribution in [3.05, 3.63) is 29.8 Å². The van der Waals surface area contributed by atoms with Gasteiger partial charge in [0.05, 0.1) is 13.1 Å². The van der Waals surface area contributed by atoms with Gasteiger partial charge in [-0.3, -0.25) is 0 Å². The summed E-state index contributed by atoms with van der Waals surface area (Å²) in [6.45, 7) is 0.769. The molecule has 21 heavy (non-hydrogen) atoms. The van der Waals surface area contributed by atoms with Gasteiger partial charge in [0.15, 0.2) is 0 Å². The Labute approximate surface area is 122 Å². The van der Waals surface area contributed by atoms with Gasteiger partial charge in [-0.1, -0.05) is 18.2 Å². The summed E-state index contributed by atoms with van der Waals surface area (Å²) in [5, 5.41) is 20.2. The van der Waals surface area contributed by atoms with Crippen molar-refractivity contribution in [3.8, 4) is 5.75 Å². The molecule has 1 aromatic rings. The molecule has 0 bridgehead atoms. The maximum absolute atomic E-state index is 12.2. The Bertz CT molecular complexity index is 520. The normalized spacial score (nSPS) is 15.4. The maximum atomic E-state index is 12.2. The van der Waals surface area contributed by atoms with Crippen molar-refractivity contribution in [1.29, 1.82) is 0 Å². The van der Waals surface area contributed by atoms with E-state index < -0.39 is 18.0 Å². The first-order chi connectivity index (χ1) is 10.1. The van der Waals surface area contributed by atoms with E-state index in [1.807, 2.05) is 24.3 Å². The van der Waals surface area contributed by atoms with Crippen LogP contribution in [0, 0.1) is 0 Å². The largest absolute Gasteiger partial charge is 0.491 e. The summed E-state index contributed by atoms with van der Waals surface area (Å²) in [5.41, 5.74) is 0.874. The molecule has 2 amide bonds. The molecular weight excluding hydrogens is 276 g/mol. The van der Waals surface area contributed by atoms with Gasteiger partial charge >= 0.3 is 12.0 Å². The molecule has 0 unspecified atom stereocenters. The molecule has 2 rings (SSSR count). The van der Waals surface area contributed by atoms with Crippen LogP contribution in [0.2, 0.25) is 0 Å². The molecule has 1 atom stereocenters. The molecule has 0 aromatic heterocycles. The Balaban J connectivity index is 2.04. The number of carboxylic acids is 1. The highest BCUT2D eigenvalue weighted by molar-refractivity contribution is 5.82. The standard InChI is InChI=1S/C14H18N2O5/c17-7-5-11(13(18)19)15-14(20)16-6-8-21-12-4-2-1-3-10(12)9-16/h1-4,11,17H,5-9H2,(H,15,20)(H,18,19)/t11-/m1/s1. The third-order valence-electron chi connectivity index (χ3n) is 3.25. The summed E-state index contributed by atoms with van der Waals surface area (Å²) in [5.74, 6) is -0.429. The van der Waals surface area contributed by atoms with Crippen molar-refractivity contribution in [2.75, 3.05) is 19.8 Å². The van der Waals surface area contributed by atoms with Crippen molar-refractivity contribution >= 4 is 12.0 Å². The monoisotopic (exact) mass is 294 g/mol. The number of nitrogens with one attached hydrogen (secondary N) is 1. The van der Waals surface area contributed by atoms with Crippen LogP contribution in [0.25, 0.3) is 0 Å². The molecular formula is C14H18N2O5. The van der Waals surface area contributed by atoms with E-state index in [-0.39, 0.29) is 13.0 Å². The molecule has 0 radical (unpaired) electrons. The van der Waals surface area contributed by atoms with Crippen LogP contribution in [0.5, 0.6) is 5.75 Å². The molecule has 0 aliphatic carbocycles. The van der Waals surface area contributed by atoms with Gasteiger partial charge in [-0.15, -0.1) is 0 Å². The summed E-state index contributed by atoms with van der Waals surface area (Å²) in [4.78, 5) is 24.7. The van der Waals surface area contributed by atoms with E-state index in [4.69, 9.17) is 14.9 Å². The zero-order valence-corrected chi connectivity index (χ0v) is 11.5. The highest BCUT2D eigenvalue weighted by atomic mass is 16.5. The van der Waals surface area contributed by atoms with Crippen LogP contribution in [0.4, 0.5) is 4.79 Å². The predicted molar refractivity (Wildman–Crippen MR) is 74.0 cm³/mol. The number of ether oxygens (including phenoxy) is 1. The molecule has 3 N–H and O–H groups in total. The number of aliphatic carboxylic acids is 1. The molecule has 1 aliphatic rings. The number of amides is 2. The topological polar surface area (TPSA) is 99.1 Å². The number of nitrogens with zero attached hydrogens (tertiary/aromatic N) is 1. The van der Waals surface area contributed by atoms with E-state index in [0.717, 1.165) is 11.3 Å². The van der Waals surface area contributed by atoms with E-state index in [0.29, 0.717) is 19.7 Å². The maximum Gasteiger partial charge on any atom is 0.326 e. The van der Waals surface area contributed by atoms with Crippen LogP contribution >= 0.6 is 0 Å². The van der Waals surface area contributed by atoms with Gasteiger partial charge in [0.25, 0.3) is 0 Å². The molecule has 0 saturated heterocycles. The lowest BCUT2D eigenvalue weighted by Gasteiger charge is -2.23. The summed E-state index contributed by atoms with van der Waals surface area (Å²) < 4.78 is 5.55. The number of hydrogen-bond acceptors (Lipinski definition) is 4. The van der Waals surface area contributed by atoms with E-state index >= 15 is 0 Å². The Morgan fingerprint density at radius 2 is 2.14 bits per heavy atom. The number of carbonyl (C=O) groups excluding carboxylic acids is 1. The number of hydrogen-bond donors (Lipinski definition) is 3. The molecule has 0 spiro atoms. The van der Waals surface area contributed by atoms with Crippen molar-refractivity contribution in [1.82, 2.24) is 10.2 Å². The van der Waals surface area contributed by atoms with Crippen LogP contribution < -0.4 is 10.1 Å². The van der Waals surface area contributed by atoms with Gasteiger partial charge in [-0.05, 0) is 6.07 Å². The SMILES string of the molecule is O=C(O)[C@@H](CCO)NC(=O)N1CCOc2ccccc2C1. The molecule has 1 aliphatic heterocycles. The fourth-order valence-corrected chi connectivity index (χ4v) is 2.13. The Kier molecular flexibility index (Phi) is 4.99. The average Bonchev–Trinajstić information content (AvgIpc) is 2.68. The highest BCUT2D eigenvalue weighted by Gasteiger charge is 2.24. The quantitative estimate of drug-likeness (QED) is 0.747. The molecule has 0 fully saturated rings. The number of fused-ring (bicyclic) bond motifs is 1. The van der Waals surface area contributed by atoms with E-state index in [1.54, 1.807) is 0 Å². The smallest absolute Gasteiger partial charge is 0.326 e. The van der Waals surface area contributed by atoms with Crippen LogP contribution in [0.3, 0.4) is 0 Å². The predicted octanol–water partition coefficient (Wildman–Crippen LogP) is 0.426. The fourth-order valence-electron chi connectivity index (χ4n) is 2.13. The Hall–Kier alpha value is -2.28. The van der Waals surface area contributed by atoms with E-state index in [9.17, 15) is 9.59 Å². The Morgan fingerprint density at radius 1 is 1.38 bits per heavy atom. The van der Waals surface area contributed by atoms with Crippen molar-refractivity contribution in [2.24, 2.45) is 0 Å². The van der Waals surface area contributed by atoms with Crippen LogP contribution in [0.1, 0.15) is 12.0 Å². The fraction of sp³-hybridized carbons (Fsp3) is 0.429. The summed E-state index contributed by atoms with van der Waals surface area (Å²) in [6.07, 6.45) is -0.0258. The van der Waals surface area contributed by atoms with Crippen LogP contribution in [0.15, 0.2) is 24.3 Å². The number of rotatable bonds is 4. The van der Waals surface area contributed by atoms with Gasteiger partial charge in [-0.2, -0.15) is 0 Å². The minimum Gasteiger partial charge on any atom is -0.491 e. The van der Waals surface area contributed by atoms with Gasteiger partial charge in [0.2, 0.25) is 0 Å². The third-order valence-corrected chi connectivity index (χ3v) is 3.25. The second-order valence-corrected chi connectivity index (χ2v) is 4.73. The first-order valence-corrected chi connectivity index (χ1v) is 6.71. The molecule has 7 nitrogen and oxygen atoms in total. The summed E-state index contributed by atoms with van der Waals surface area (Å²) in [6, 6.07) is 5.84. The second kappa shape index (κ2) is 6.94. The molecule has 1 heterocycles. The molecule has 114 valence electrons. The number of aliphatic hydroxyl groups is 1. The average molecular weight is 294 g/mol. The van der Waals surface area contributed by atoms with Gasteiger partial charge in [0, 0.05) is 18.6 Å². The van der Waals surface area contributed by atoms with Gasteiger partial charge in [-0.25, -0.2) is 9.59 Å². The number of carbonyl (C=O) groups is 2. The Morgan fingerprint density at radius 3 is 2.86 bits per heavy atom. The number of urea groups is 1. The first-order valence-electron chi connectivity index (χ1n) is 6.71. The lowest BCUT2D eigenvalue weighted by molar-refractivity contribution is -0.139. The third kappa shape index (κ3) is 3.85. The first kappa shape index (κ1) is 15.1. The van der Waals surface area contributed by atoms with Gasteiger partial charge < -0.3 is 25.2 Å². The number of carboxylic acid groups (broad SMARTS) is 1. The van der Waals surface area contributed by atoms with Crippen LogP contribution in [-0.4, -0.2) is 52.9 Å². The summed E-state index contributed by atoms with van der Waals surface area (Å²) >= 11 is 0. The molecule has 1 aromatic carbocycles. The summed E-state index contributed by atoms with van der Waals surface area (Å²) in [7, 11) is 0. The zero-order valence-electron chi connectivity index (χ0n) is 11.5. The highest BCUT2D eigenvalue weighted by Crippen LogP contribution is 2.22. The van der Waals surface area contributed by atoms with Gasteiger partial charge in [0.1, 0.15) is 18.4 Å². The van der Waals surface area contributed by atoms with E-state index in [1.165, 1.54) is 4.90 Å². The van der Waals surface area contributed by atoms with Crippen molar-refractivity contribution in [2.45, 2.75) is 19.0 Å². The lowest BCUT2D eigenvalue weighted by atomic mass is 10.2. The van der Waals surface area contributed by atoms with Crippen molar-refractivity contribution < 1.29 is 24.5 Å².